The van der Waals surface area contributed by atoms with Gasteiger partial charge < -0.3 is 11.1 Å². The summed E-state index contributed by atoms with van der Waals surface area (Å²) in [5.74, 6) is 0.705. The molecular weight excluding hydrogens is 410 g/mol. The molecule has 0 saturated carbocycles. The average Bonchev–Trinajstić information content (AvgIpc) is 3.24. The van der Waals surface area contributed by atoms with Gasteiger partial charge in [0, 0.05) is 23.6 Å². The van der Waals surface area contributed by atoms with Gasteiger partial charge in [0.2, 0.25) is 0 Å². The van der Waals surface area contributed by atoms with Gasteiger partial charge in [-0.15, -0.1) is 0 Å². The zero-order valence-electron chi connectivity index (χ0n) is 16.7. The lowest BCUT2D eigenvalue weighted by atomic mass is 10.1. The highest BCUT2D eigenvalue weighted by molar-refractivity contribution is 7.98. The monoisotopic (exact) mass is 431 g/mol. The molecule has 8 heteroatoms. The summed E-state index contributed by atoms with van der Waals surface area (Å²) in [5.41, 5.74) is 8.73. The Morgan fingerprint density at radius 2 is 1.74 bits per heavy atom. The molecular formula is C23H21N5O2S. The second-order valence-electron chi connectivity index (χ2n) is 6.84. The second-order valence-corrected chi connectivity index (χ2v) is 7.94. The summed E-state index contributed by atoms with van der Waals surface area (Å²) in [6.07, 6.45) is 1.40. The summed E-state index contributed by atoms with van der Waals surface area (Å²) in [6, 6.07) is 21.3. The molecule has 0 atom stereocenters. The molecule has 0 saturated heterocycles. The maximum Gasteiger partial charge on any atom is 0.271 e. The molecule has 31 heavy (non-hydrogen) atoms. The summed E-state index contributed by atoms with van der Waals surface area (Å²) in [4.78, 5) is 33.3. The van der Waals surface area contributed by atoms with Crippen LogP contribution in [0.1, 0.15) is 26.5 Å². The SMILES string of the molecule is NC(=O)c1ncn2c(C(=O)NCCSCc3ccccc3)cc(-c3ccccc3)nc12. The number of benzene rings is 2. The predicted molar refractivity (Wildman–Crippen MR) is 122 cm³/mol. The van der Waals surface area contributed by atoms with E-state index in [9.17, 15) is 9.59 Å². The lowest BCUT2D eigenvalue weighted by molar-refractivity contribution is 0.0948. The topological polar surface area (TPSA) is 102 Å². The number of imidazole rings is 1. The van der Waals surface area contributed by atoms with Gasteiger partial charge in [-0.05, 0) is 11.6 Å². The maximum absolute atomic E-state index is 12.9. The van der Waals surface area contributed by atoms with Gasteiger partial charge >= 0.3 is 0 Å². The second kappa shape index (κ2) is 9.44. The van der Waals surface area contributed by atoms with Crippen molar-refractivity contribution in [3.8, 4) is 11.3 Å². The van der Waals surface area contributed by atoms with Gasteiger partial charge in [-0.25, -0.2) is 9.97 Å². The van der Waals surface area contributed by atoms with Gasteiger partial charge in [-0.2, -0.15) is 11.8 Å². The van der Waals surface area contributed by atoms with Crippen LogP contribution in [0, 0.1) is 0 Å². The number of carbonyl (C=O) groups excluding carboxylic acids is 2. The van der Waals surface area contributed by atoms with Crippen LogP contribution in [0.4, 0.5) is 0 Å². The molecule has 0 spiro atoms. The minimum absolute atomic E-state index is 0.0326. The van der Waals surface area contributed by atoms with E-state index in [1.54, 1.807) is 17.8 Å². The van der Waals surface area contributed by atoms with Gasteiger partial charge in [0.1, 0.15) is 12.0 Å². The number of primary amides is 1. The van der Waals surface area contributed by atoms with E-state index in [0.29, 0.717) is 17.9 Å². The average molecular weight is 432 g/mol. The minimum atomic E-state index is -0.691. The van der Waals surface area contributed by atoms with Crippen molar-refractivity contribution in [1.82, 2.24) is 19.7 Å². The van der Waals surface area contributed by atoms with E-state index in [0.717, 1.165) is 17.1 Å². The number of hydrogen-bond acceptors (Lipinski definition) is 5. The number of aromatic nitrogens is 3. The maximum atomic E-state index is 12.9. The van der Waals surface area contributed by atoms with Crippen LogP contribution in [0.2, 0.25) is 0 Å². The number of rotatable bonds is 8. The Hall–Kier alpha value is -3.65. The summed E-state index contributed by atoms with van der Waals surface area (Å²) < 4.78 is 1.50. The highest BCUT2D eigenvalue weighted by atomic mass is 32.2. The van der Waals surface area contributed by atoms with Crippen molar-refractivity contribution < 1.29 is 9.59 Å². The lowest BCUT2D eigenvalue weighted by Gasteiger charge is -2.10. The summed E-state index contributed by atoms with van der Waals surface area (Å²) >= 11 is 1.75. The van der Waals surface area contributed by atoms with E-state index < -0.39 is 5.91 Å². The van der Waals surface area contributed by atoms with Crippen molar-refractivity contribution in [2.75, 3.05) is 12.3 Å². The van der Waals surface area contributed by atoms with Crippen LogP contribution in [0.25, 0.3) is 16.9 Å². The molecule has 2 heterocycles. The molecule has 0 aliphatic heterocycles. The molecule has 156 valence electrons. The number of nitrogens with zero attached hydrogens (tertiary/aromatic N) is 3. The van der Waals surface area contributed by atoms with Crippen LogP contribution in [0.5, 0.6) is 0 Å². The number of hydrogen-bond donors (Lipinski definition) is 2. The Balaban J connectivity index is 1.52. The van der Waals surface area contributed by atoms with Gasteiger partial charge in [0.05, 0.1) is 5.69 Å². The van der Waals surface area contributed by atoms with Gasteiger partial charge in [-0.1, -0.05) is 60.7 Å². The fourth-order valence-corrected chi connectivity index (χ4v) is 3.99. The Bertz CT molecular complexity index is 1210. The molecule has 0 bridgehead atoms. The van der Waals surface area contributed by atoms with Gasteiger partial charge in [-0.3, -0.25) is 14.0 Å². The molecule has 7 nitrogen and oxygen atoms in total. The number of nitrogens with one attached hydrogen (secondary N) is 1. The lowest BCUT2D eigenvalue weighted by Crippen LogP contribution is -2.28. The highest BCUT2D eigenvalue weighted by Crippen LogP contribution is 2.21. The minimum Gasteiger partial charge on any atom is -0.364 e. The van der Waals surface area contributed by atoms with Crippen molar-refractivity contribution in [1.29, 1.82) is 0 Å². The van der Waals surface area contributed by atoms with E-state index in [-0.39, 0.29) is 17.2 Å². The molecule has 0 fully saturated rings. The third kappa shape index (κ3) is 4.75. The standard InChI is InChI=1S/C23H21N5O2S/c24-21(29)20-22-27-18(17-9-5-2-6-10-17)13-19(28(22)15-26-20)23(30)25-11-12-31-14-16-7-3-1-4-8-16/h1-10,13,15H,11-12,14H2,(H2,24,29)(H,25,30). The molecule has 3 N–H and O–H groups in total. The van der Waals surface area contributed by atoms with Crippen LogP contribution >= 0.6 is 11.8 Å². The van der Waals surface area contributed by atoms with Crippen LogP contribution in [0.3, 0.4) is 0 Å². The zero-order chi connectivity index (χ0) is 21.6. The first-order valence-electron chi connectivity index (χ1n) is 9.76. The smallest absolute Gasteiger partial charge is 0.271 e. The molecule has 0 radical (unpaired) electrons. The van der Waals surface area contributed by atoms with E-state index in [4.69, 9.17) is 5.73 Å². The summed E-state index contributed by atoms with van der Waals surface area (Å²) in [6.45, 7) is 0.512. The Morgan fingerprint density at radius 3 is 2.45 bits per heavy atom. The van der Waals surface area contributed by atoms with E-state index in [1.807, 2.05) is 48.5 Å². The van der Waals surface area contributed by atoms with Gasteiger partial charge in [0.25, 0.3) is 11.8 Å². The largest absolute Gasteiger partial charge is 0.364 e. The van der Waals surface area contributed by atoms with Crippen molar-refractivity contribution in [2.24, 2.45) is 5.73 Å². The van der Waals surface area contributed by atoms with Gasteiger partial charge in [0.15, 0.2) is 11.3 Å². The number of amides is 2. The Kier molecular flexibility index (Phi) is 6.28. The molecule has 2 amide bonds. The van der Waals surface area contributed by atoms with Crippen LogP contribution in [0.15, 0.2) is 73.1 Å². The van der Waals surface area contributed by atoms with E-state index >= 15 is 0 Å². The summed E-state index contributed by atoms with van der Waals surface area (Å²) in [7, 11) is 0. The molecule has 2 aromatic heterocycles. The van der Waals surface area contributed by atoms with Crippen LogP contribution in [-0.2, 0) is 5.75 Å². The zero-order valence-corrected chi connectivity index (χ0v) is 17.5. The first kappa shape index (κ1) is 20.6. The molecule has 4 rings (SSSR count). The third-order valence-electron chi connectivity index (χ3n) is 4.68. The van der Waals surface area contributed by atoms with Crippen molar-refractivity contribution in [3.05, 3.63) is 90.0 Å². The Morgan fingerprint density at radius 1 is 1.03 bits per heavy atom. The molecule has 4 aromatic rings. The quantitative estimate of drug-likeness (QED) is 0.417. The van der Waals surface area contributed by atoms with Crippen molar-refractivity contribution in [2.45, 2.75) is 5.75 Å². The van der Waals surface area contributed by atoms with Crippen molar-refractivity contribution >= 4 is 29.2 Å². The van der Waals surface area contributed by atoms with E-state index in [2.05, 4.69) is 27.4 Å². The number of thioether (sulfide) groups is 1. The van der Waals surface area contributed by atoms with Crippen LogP contribution in [-0.4, -0.2) is 38.5 Å². The van der Waals surface area contributed by atoms with E-state index in [1.165, 1.54) is 16.3 Å². The highest BCUT2D eigenvalue weighted by Gasteiger charge is 2.19. The first-order chi connectivity index (χ1) is 15.1. The molecule has 2 aromatic carbocycles. The normalized spacial score (nSPS) is 10.8. The van der Waals surface area contributed by atoms with Crippen molar-refractivity contribution in [3.63, 3.8) is 0 Å². The van der Waals surface area contributed by atoms with Crippen LogP contribution < -0.4 is 11.1 Å². The molecule has 0 aliphatic rings. The number of nitrogens with two attached hydrogens (primary N) is 1. The Labute approximate surface area is 183 Å². The first-order valence-corrected chi connectivity index (χ1v) is 10.9. The molecule has 0 aliphatic carbocycles. The predicted octanol–water partition coefficient (Wildman–Crippen LogP) is 3.16. The summed E-state index contributed by atoms with van der Waals surface area (Å²) in [5, 5.41) is 2.94. The number of fused-ring (bicyclic) bond motifs is 1. The molecule has 0 unspecified atom stereocenters. The number of carbonyl (C=O) groups is 2. The fourth-order valence-electron chi connectivity index (χ4n) is 3.17. The third-order valence-corrected chi connectivity index (χ3v) is 5.71. The fraction of sp³-hybridized carbons (Fsp3) is 0.130.